The Morgan fingerprint density at radius 3 is 2.80 bits per heavy atom. The molecule has 5 nitrogen and oxygen atoms in total. The van der Waals surface area contributed by atoms with Gasteiger partial charge in [0.2, 0.25) is 0 Å². The van der Waals surface area contributed by atoms with E-state index in [2.05, 4.69) is 0 Å². The Hall–Kier alpha value is -2.08. The van der Waals surface area contributed by atoms with Gasteiger partial charge in [-0.2, -0.15) is 0 Å². The van der Waals surface area contributed by atoms with Crippen LogP contribution in [-0.2, 0) is 9.53 Å². The molecule has 20 heavy (non-hydrogen) atoms. The van der Waals surface area contributed by atoms with Crippen LogP contribution in [0.1, 0.15) is 16.6 Å². The Morgan fingerprint density at radius 1 is 1.35 bits per heavy atom. The summed E-state index contributed by atoms with van der Waals surface area (Å²) in [6.45, 7) is 2.20. The Labute approximate surface area is 120 Å². The van der Waals surface area contributed by atoms with Crippen molar-refractivity contribution in [2.75, 3.05) is 25.9 Å². The van der Waals surface area contributed by atoms with Gasteiger partial charge in [0.25, 0.3) is 5.91 Å². The molecule has 0 bridgehead atoms. The van der Waals surface area contributed by atoms with Gasteiger partial charge in [0, 0.05) is 24.0 Å². The van der Waals surface area contributed by atoms with E-state index in [4.69, 9.17) is 10.5 Å². The Morgan fingerprint density at radius 2 is 2.10 bits per heavy atom. The first-order valence-electron chi connectivity index (χ1n) is 6.21. The minimum Gasteiger partial charge on any atom is -0.451 e. The summed E-state index contributed by atoms with van der Waals surface area (Å²) in [6.07, 6.45) is 0. The van der Waals surface area contributed by atoms with Crippen LogP contribution in [0.15, 0.2) is 24.3 Å². The highest BCUT2D eigenvalue weighted by molar-refractivity contribution is 7.20. The second-order valence-corrected chi connectivity index (χ2v) is 5.48. The molecule has 1 aromatic heterocycles. The first-order valence-corrected chi connectivity index (χ1v) is 7.03. The first kappa shape index (κ1) is 14.3. The second kappa shape index (κ2) is 5.92. The number of rotatable bonds is 4. The Bertz CT molecular complexity index is 651. The summed E-state index contributed by atoms with van der Waals surface area (Å²) in [5.41, 5.74) is 6.34. The van der Waals surface area contributed by atoms with Gasteiger partial charge in [-0.3, -0.25) is 4.79 Å². The summed E-state index contributed by atoms with van der Waals surface area (Å²) < 4.78 is 5.98. The lowest BCUT2D eigenvalue weighted by molar-refractivity contribution is -0.133. The van der Waals surface area contributed by atoms with E-state index in [1.54, 1.807) is 25.2 Å². The van der Waals surface area contributed by atoms with Crippen molar-refractivity contribution in [3.8, 4) is 0 Å². The van der Waals surface area contributed by atoms with Gasteiger partial charge in [0.1, 0.15) is 4.88 Å². The Kier molecular flexibility index (Phi) is 4.24. The number of carbonyl (C=O) groups is 2. The van der Waals surface area contributed by atoms with E-state index in [0.717, 1.165) is 10.1 Å². The molecule has 1 aromatic carbocycles. The number of esters is 1. The van der Waals surface area contributed by atoms with Crippen LogP contribution in [0.2, 0.25) is 0 Å². The highest BCUT2D eigenvalue weighted by Crippen LogP contribution is 2.27. The molecule has 0 aliphatic carbocycles. The quantitative estimate of drug-likeness (QED) is 0.692. The predicted molar refractivity (Wildman–Crippen MR) is 79.8 cm³/mol. The van der Waals surface area contributed by atoms with Gasteiger partial charge in [-0.15, -0.1) is 11.3 Å². The summed E-state index contributed by atoms with van der Waals surface area (Å²) in [7, 11) is 1.67. The van der Waals surface area contributed by atoms with E-state index in [1.807, 2.05) is 13.0 Å². The van der Waals surface area contributed by atoms with E-state index in [1.165, 1.54) is 16.2 Å². The molecule has 0 unspecified atom stereocenters. The molecule has 1 heterocycles. The molecule has 106 valence electrons. The molecule has 6 heteroatoms. The lowest BCUT2D eigenvalue weighted by Crippen LogP contribution is -2.30. The van der Waals surface area contributed by atoms with Crippen molar-refractivity contribution in [3.63, 3.8) is 0 Å². The summed E-state index contributed by atoms with van der Waals surface area (Å²) >= 11 is 1.32. The zero-order valence-electron chi connectivity index (χ0n) is 11.4. The van der Waals surface area contributed by atoms with Crippen molar-refractivity contribution in [1.82, 2.24) is 4.90 Å². The fraction of sp³-hybridized carbons (Fsp3) is 0.286. The summed E-state index contributed by atoms with van der Waals surface area (Å²) in [4.78, 5) is 25.4. The van der Waals surface area contributed by atoms with Crippen molar-refractivity contribution in [3.05, 3.63) is 29.1 Å². The maximum atomic E-state index is 11.9. The third-order valence-electron chi connectivity index (χ3n) is 2.97. The maximum Gasteiger partial charge on any atom is 0.348 e. The molecular formula is C14H16N2O3S. The number of carbonyl (C=O) groups excluding carboxylic acids is 2. The van der Waals surface area contributed by atoms with E-state index < -0.39 is 5.97 Å². The molecule has 0 saturated carbocycles. The standard InChI is InChI=1S/C14H16N2O3S/c1-3-16(2)13(17)8-19-14(18)12-7-9-6-10(15)4-5-11(9)20-12/h4-7H,3,8,15H2,1-2H3. The zero-order valence-corrected chi connectivity index (χ0v) is 12.2. The van der Waals surface area contributed by atoms with Crippen LogP contribution in [0.5, 0.6) is 0 Å². The van der Waals surface area contributed by atoms with Crippen LogP contribution in [0.3, 0.4) is 0 Å². The van der Waals surface area contributed by atoms with Gasteiger partial charge in [-0.25, -0.2) is 4.79 Å². The lowest BCUT2D eigenvalue weighted by atomic mass is 10.2. The minimum absolute atomic E-state index is 0.216. The van der Waals surface area contributed by atoms with Crippen molar-refractivity contribution in [2.24, 2.45) is 0 Å². The van der Waals surface area contributed by atoms with E-state index in [0.29, 0.717) is 17.1 Å². The molecule has 0 saturated heterocycles. The molecule has 0 aliphatic heterocycles. The van der Waals surface area contributed by atoms with Gasteiger partial charge in [0.05, 0.1) is 0 Å². The summed E-state index contributed by atoms with van der Waals surface area (Å²) in [6, 6.07) is 7.18. The fourth-order valence-corrected chi connectivity index (χ4v) is 2.58. The molecule has 0 atom stereocenters. The highest BCUT2D eigenvalue weighted by Gasteiger charge is 2.15. The molecular weight excluding hydrogens is 276 g/mol. The number of nitrogens with zero attached hydrogens (tertiary/aromatic N) is 1. The summed E-state index contributed by atoms with van der Waals surface area (Å²) in [5, 5.41) is 0.902. The van der Waals surface area contributed by atoms with Gasteiger partial charge in [0.15, 0.2) is 6.61 Å². The van der Waals surface area contributed by atoms with Gasteiger partial charge in [-0.1, -0.05) is 0 Å². The van der Waals surface area contributed by atoms with E-state index in [9.17, 15) is 9.59 Å². The molecule has 2 N–H and O–H groups in total. The number of hydrogen-bond donors (Lipinski definition) is 1. The first-order chi connectivity index (χ1) is 9.51. The monoisotopic (exact) mass is 292 g/mol. The van der Waals surface area contributed by atoms with E-state index in [-0.39, 0.29) is 12.5 Å². The molecule has 0 radical (unpaired) electrons. The number of benzene rings is 1. The van der Waals surface area contributed by atoms with Crippen molar-refractivity contribution in [2.45, 2.75) is 6.92 Å². The molecule has 2 aromatic rings. The number of ether oxygens (including phenoxy) is 1. The van der Waals surface area contributed by atoms with Crippen LogP contribution >= 0.6 is 11.3 Å². The van der Waals surface area contributed by atoms with Gasteiger partial charge in [-0.05, 0) is 36.6 Å². The fourth-order valence-electron chi connectivity index (χ4n) is 1.65. The van der Waals surface area contributed by atoms with E-state index >= 15 is 0 Å². The maximum absolute atomic E-state index is 11.9. The average molecular weight is 292 g/mol. The number of nitrogen functional groups attached to an aromatic ring is 1. The number of likely N-dealkylation sites (N-methyl/N-ethyl adjacent to an activating group) is 1. The largest absolute Gasteiger partial charge is 0.451 e. The third kappa shape index (κ3) is 3.08. The number of thiophene rings is 1. The van der Waals surface area contributed by atoms with Gasteiger partial charge < -0.3 is 15.4 Å². The summed E-state index contributed by atoms with van der Waals surface area (Å²) in [5.74, 6) is -0.700. The molecule has 1 amide bonds. The van der Waals surface area contributed by atoms with Crippen LogP contribution < -0.4 is 5.73 Å². The number of anilines is 1. The molecule has 0 aliphatic rings. The molecule has 2 rings (SSSR count). The van der Waals surface area contributed by atoms with Crippen LogP contribution in [0.4, 0.5) is 5.69 Å². The van der Waals surface area contributed by atoms with Crippen molar-refractivity contribution in [1.29, 1.82) is 0 Å². The number of amides is 1. The number of hydrogen-bond acceptors (Lipinski definition) is 5. The number of fused-ring (bicyclic) bond motifs is 1. The van der Waals surface area contributed by atoms with Crippen LogP contribution in [-0.4, -0.2) is 37.0 Å². The highest BCUT2D eigenvalue weighted by atomic mass is 32.1. The zero-order chi connectivity index (χ0) is 14.7. The molecule has 0 spiro atoms. The van der Waals surface area contributed by atoms with Crippen molar-refractivity contribution >= 4 is 39.0 Å². The topological polar surface area (TPSA) is 72.6 Å². The smallest absolute Gasteiger partial charge is 0.348 e. The lowest BCUT2D eigenvalue weighted by Gasteiger charge is -2.13. The predicted octanol–water partition coefficient (Wildman–Crippen LogP) is 2.12. The second-order valence-electron chi connectivity index (χ2n) is 4.39. The van der Waals surface area contributed by atoms with Gasteiger partial charge >= 0.3 is 5.97 Å². The van der Waals surface area contributed by atoms with Crippen LogP contribution in [0, 0.1) is 0 Å². The number of nitrogens with two attached hydrogens (primary N) is 1. The minimum atomic E-state index is -0.484. The normalized spacial score (nSPS) is 10.5. The van der Waals surface area contributed by atoms with Crippen LogP contribution in [0.25, 0.3) is 10.1 Å². The van der Waals surface area contributed by atoms with Crippen molar-refractivity contribution < 1.29 is 14.3 Å². The third-order valence-corrected chi connectivity index (χ3v) is 4.06. The molecule has 0 fully saturated rings. The average Bonchev–Trinajstić information content (AvgIpc) is 2.86. The SMILES string of the molecule is CCN(C)C(=O)COC(=O)c1cc2cc(N)ccc2s1. The Balaban J connectivity index is 2.06.